The molecule has 2 aromatic carbocycles. The Morgan fingerprint density at radius 3 is 2.15 bits per heavy atom. The van der Waals surface area contributed by atoms with Crippen LogP contribution in [0.15, 0.2) is 65.7 Å². The van der Waals surface area contributed by atoms with Crippen LogP contribution in [0.25, 0.3) is 0 Å². The zero-order valence-corrected chi connectivity index (χ0v) is 22.1. The highest BCUT2D eigenvalue weighted by molar-refractivity contribution is 6.06. The molecule has 0 bridgehead atoms. The molecule has 0 aliphatic carbocycles. The Balaban J connectivity index is 1.65. The number of hydrogen-bond donors (Lipinski definition) is 5. The van der Waals surface area contributed by atoms with Crippen molar-refractivity contribution in [2.75, 3.05) is 18.0 Å². The fourth-order valence-corrected chi connectivity index (χ4v) is 4.20. The largest absolute Gasteiger partial charge is 0.370 e. The van der Waals surface area contributed by atoms with E-state index in [-0.39, 0.29) is 24.8 Å². The molecule has 0 aromatic heterocycles. The molecule has 11 heteroatoms. The Hall–Kier alpha value is -4.41. The van der Waals surface area contributed by atoms with E-state index in [1.807, 2.05) is 37.3 Å². The van der Waals surface area contributed by atoms with Crippen LogP contribution in [0.3, 0.4) is 0 Å². The average Bonchev–Trinajstić information content (AvgIpc) is 2.94. The minimum Gasteiger partial charge on any atom is -0.370 e. The maximum absolute atomic E-state index is 13.3. The first kappa shape index (κ1) is 29.2. The Morgan fingerprint density at radius 1 is 0.923 bits per heavy atom. The van der Waals surface area contributed by atoms with E-state index in [2.05, 4.69) is 20.9 Å². The van der Waals surface area contributed by atoms with Gasteiger partial charge in [-0.2, -0.15) is 0 Å². The number of para-hydroxylation sites is 1. The quantitative estimate of drug-likeness (QED) is 0.105. The van der Waals surface area contributed by atoms with Gasteiger partial charge in [-0.1, -0.05) is 56.2 Å². The van der Waals surface area contributed by atoms with Crippen molar-refractivity contribution in [1.82, 2.24) is 16.0 Å². The summed E-state index contributed by atoms with van der Waals surface area (Å²) in [5.41, 5.74) is 11.9. The van der Waals surface area contributed by atoms with E-state index >= 15 is 0 Å². The third-order valence-electron chi connectivity index (χ3n) is 6.40. The minimum absolute atomic E-state index is 0.0583. The molecule has 3 rings (SSSR count). The fourth-order valence-electron chi connectivity index (χ4n) is 4.20. The van der Waals surface area contributed by atoms with Crippen molar-refractivity contribution in [2.24, 2.45) is 16.5 Å². The lowest BCUT2D eigenvalue weighted by molar-refractivity contribution is -0.133. The molecule has 1 saturated heterocycles. The van der Waals surface area contributed by atoms with Crippen LogP contribution in [0.2, 0.25) is 0 Å². The first-order valence-electron chi connectivity index (χ1n) is 13.2. The highest BCUT2D eigenvalue weighted by Gasteiger charge is 2.40. The molecule has 1 fully saturated rings. The van der Waals surface area contributed by atoms with Crippen molar-refractivity contribution in [3.8, 4) is 0 Å². The van der Waals surface area contributed by atoms with Gasteiger partial charge in [-0.05, 0) is 43.5 Å². The molecule has 3 atom stereocenters. The molecule has 0 radical (unpaired) electrons. The summed E-state index contributed by atoms with van der Waals surface area (Å²) in [5, 5.41) is 8.33. The van der Waals surface area contributed by atoms with Gasteiger partial charge in [-0.3, -0.25) is 24.2 Å². The van der Waals surface area contributed by atoms with E-state index < -0.39 is 35.8 Å². The molecule has 3 unspecified atom stereocenters. The number of carbonyl (C=O) groups is 4. The molecule has 4 amide bonds. The lowest BCUT2D eigenvalue weighted by atomic mass is 10.0. The highest BCUT2D eigenvalue weighted by atomic mass is 16.2. The van der Waals surface area contributed by atoms with Crippen LogP contribution < -0.4 is 32.3 Å². The summed E-state index contributed by atoms with van der Waals surface area (Å²) in [6.45, 7) is 2.62. The second kappa shape index (κ2) is 14.5. The van der Waals surface area contributed by atoms with Crippen molar-refractivity contribution in [2.45, 2.75) is 57.2 Å². The van der Waals surface area contributed by atoms with Gasteiger partial charge < -0.3 is 32.3 Å². The molecule has 2 aromatic rings. The average molecular weight is 536 g/mol. The zero-order chi connectivity index (χ0) is 28.2. The van der Waals surface area contributed by atoms with Crippen LogP contribution in [0, 0.1) is 0 Å². The predicted molar refractivity (Wildman–Crippen MR) is 150 cm³/mol. The number of β-lactam (4-membered cyclic amide) rings is 1. The highest BCUT2D eigenvalue weighted by Crippen LogP contribution is 2.21. The number of unbranched alkanes of at least 4 members (excludes halogenated alkanes) is 1. The van der Waals surface area contributed by atoms with Gasteiger partial charge in [0.05, 0.1) is 6.54 Å². The molecule has 1 aliphatic rings. The van der Waals surface area contributed by atoms with Gasteiger partial charge >= 0.3 is 0 Å². The number of amides is 4. The van der Waals surface area contributed by atoms with E-state index in [0.717, 1.165) is 12.1 Å². The predicted octanol–water partition coefficient (Wildman–Crippen LogP) is 1.05. The number of aliphatic imine (C=N–C) groups is 1. The minimum atomic E-state index is -0.914. The van der Waals surface area contributed by atoms with E-state index in [1.165, 1.54) is 0 Å². The standard InChI is InChI=1S/C28H37N7O4/c1-2-3-15-21(26(38)34-23-18-35(27(23)39)20-13-8-5-9-14-20)33-25(37)22(16-10-17-31-28(29)30)32-24(36)19-11-6-4-7-12-19/h4-9,11-14,21-23H,2-3,10,15-18H2,1H3,(H,32,36)(H,33,37)(H,34,38)(H4,29,30,31). The van der Waals surface area contributed by atoms with Gasteiger partial charge in [-0.25, -0.2) is 0 Å². The van der Waals surface area contributed by atoms with Crippen molar-refractivity contribution < 1.29 is 19.2 Å². The Bertz CT molecular complexity index is 1150. The van der Waals surface area contributed by atoms with Crippen LogP contribution in [0.1, 0.15) is 49.4 Å². The summed E-state index contributed by atoms with van der Waals surface area (Å²) < 4.78 is 0. The van der Waals surface area contributed by atoms with Crippen molar-refractivity contribution in [3.05, 3.63) is 66.2 Å². The number of carbonyl (C=O) groups excluding carboxylic acids is 4. The van der Waals surface area contributed by atoms with E-state index in [1.54, 1.807) is 35.2 Å². The third-order valence-corrected chi connectivity index (χ3v) is 6.40. The van der Waals surface area contributed by atoms with Crippen molar-refractivity contribution >= 4 is 35.3 Å². The smallest absolute Gasteiger partial charge is 0.251 e. The normalized spacial score (nSPS) is 15.9. The van der Waals surface area contributed by atoms with Crippen molar-refractivity contribution in [1.29, 1.82) is 0 Å². The maximum atomic E-state index is 13.3. The number of anilines is 1. The molecule has 1 aliphatic heterocycles. The van der Waals surface area contributed by atoms with Crippen molar-refractivity contribution in [3.63, 3.8) is 0 Å². The lowest BCUT2D eigenvalue weighted by Crippen LogP contribution is -2.66. The Labute approximate surface area is 228 Å². The first-order chi connectivity index (χ1) is 18.8. The number of nitrogens with zero attached hydrogens (tertiary/aromatic N) is 2. The number of rotatable bonds is 14. The maximum Gasteiger partial charge on any atom is 0.251 e. The molecule has 0 saturated carbocycles. The second-order valence-corrected chi connectivity index (χ2v) is 9.39. The summed E-state index contributed by atoms with van der Waals surface area (Å²) in [7, 11) is 0. The third kappa shape index (κ3) is 8.56. The Morgan fingerprint density at radius 2 is 1.54 bits per heavy atom. The molecule has 1 heterocycles. The summed E-state index contributed by atoms with van der Waals surface area (Å²) in [6.07, 6.45) is 2.60. The molecule has 0 spiro atoms. The number of hydrogen-bond acceptors (Lipinski definition) is 5. The summed E-state index contributed by atoms with van der Waals surface area (Å²) in [6, 6.07) is 15.3. The van der Waals surface area contributed by atoms with Gasteiger partial charge in [-0.15, -0.1) is 0 Å². The zero-order valence-electron chi connectivity index (χ0n) is 22.1. The molecule has 11 nitrogen and oxygen atoms in total. The number of nitrogens with two attached hydrogens (primary N) is 2. The molecular weight excluding hydrogens is 498 g/mol. The van der Waals surface area contributed by atoms with Gasteiger partial charge in [0.2, 0.25) is 11.8 Å². The Kier molecular flexibility index (Phi) is 10.8. The van der Waals surface area contributed by atoms with Crippen LogP contribution in [0.5, 0.6) is 0 Å². The SMILES string of the molecule is CCCCC(NC(=O)C(CCCN=C(N)N)NC(=O)c1ccccc1)C(=O)NC1CN(c2ccccc2)C1=O. The van der Waals surface area contributed by atoms with E-state index in [9.17, 15) is 19.2 Å². The summed E-state index contributed by atoms with van der Waals surface area (Å²) >= 11 is 0. The van der Waals surface area contributed by atoms with Crippen LogP contribution in [-0.4, -0.2) is 60.8 Å². The second-order valence-electron chi connectivity index (χ2n) is 9.39. The fraction of sp³-hybridized carbons (Fsp3) is 0.393. The lowest BCUT2D eigenvalue weighted by Gasteiger charge is -2.39. The van der Waals surface area contributed by atoms with Crippen LogP contribution in [0.4, 0.5) is 5.69 Å². The van der Waals surface area contributed by atoms with Gasteiger partial charge in [0.1, 0.15) is 18.1 Å². The van der Waals surface area contributed by atoms with E-state index in [4.69, 9.17) is 11.5 Å². The van der Waals surface area contributed by atoms with E-state index in [0.29, 0.717) is 31.4 Å². The summed E-state index contributed by atoms with van der Waals surface area (Å²) in [5.74, 6) is -1.60. The topological polar surface area (TPSA) is 172 Å². The molecule has 7 N–H and O–H groups in total. The number of nitrogens with one attached hydrogen (secondary N) is 3. The molecule has 208 valence electrons. The summed E-state index contributed by atoms with van der Waals surface area (Å²) in [4.78, 5) is 57.4. The first-order valence-corrected chi connectivity index (χ1v) is 13.2. The number of guanidine groups is 1. The monoisotopic (exact) mass is 535 g/mol. The molecular formula is C28H37N7O4. The van der Waals surface area contributed by atoms with Crippen LogP contribution >= 0.6 is 0 Å². The number of benzene rings is 2. The van der Waals surface area contributed by atoms with Gasteiger partial charge in [0.15, 0.2) is 5.96 Å². The van der Waals surface area contributed by atoms with Gasteiger partial charge in [0.25, 0.3) is 11.8 Å². The molecule has 39 heavy (non-hydrogen) atoms. The van der Waals surface area contributed by atoms with Crippen LogP contribution in [-0.2, 0) is 14.4 Å². The van der Waals surface area contributed by atoms with Gasteiger partial charge in [0, 0.05) is 17.8 Å².